The minimum absolute atomic E-state index is 0.0404. The number of aliphatic hydroxyl groups is 1. The third-order valence-corrected chi connectivity index (χ3v) is 10.3. The molecule has 258 valence electrons. The maximum Gasteiger partial charge on any atom is 0.490 e. The lowest BCUT2D eigenvalue weighted by Crippen LogP contribution is -2.34. The number of benzene rings is 2. The molecule has 2 aromatic carbocycles. The number of aliphatic hydroxyl groups excluding tert-OH is 1. The smallest absolute Gasteiger partial charge is 0.390 e. The van der Waals surface area contributed by atoms with Crippen LogP contribution in [0.4, 0.5) is 0 Å². The molecule has 0 saturated carbocycles. The van der Waals surface area contributed by atoms with E-state index in [-0.39, 0.29) is 29.8 Å². The number of hydrogen-bond acceptors (Lipinski definition) is 12. The van der Waals surface area contributed by atoms with Gasteiger partial charge >= 0.3 is 29.2 Å². The van der Waals surface area contributed by atoms with Gasteiger partial charge in [0.05, 0.1) is 12.7 Å². The third kappa shape index (κ3) is 10.4. The van der Waals surface area contributed by atoms with Crippen LogP contribution < -0.4 is 16.6 Å². The van der Waals surface area contributed by atoms with Gasteiger partial charge < -0.3 is 34.7 Å². The molecule has 1 saturated heterocycles. The number of amides is 1. The first kappa shape index (κ1) is 37.2. The van der Waals surface area contributed by atoms with E-state index in [2.05, 4.69) is 23.4 Å². The summed E-state index contributed by atoms with van der Waals surface area (Å²) in [5.74, 6) is -0.704. The SMILES string of the molecule is O=C(NC=CCc1cn([C@H]2C[C@H](O)[C@@H](COP(=O)(O)OP(=O)(O)OP(=O)(O)O)O2)c(=O)[nH]c1=O)c1ccc(C(=O)c2ccccc2)cc1. The van der Waals surface area contributed by atoms with Gasteiger partial charge in [-0.3, -0.25) is 28.5 Å². The summed E-state index contributed by atoms with van der Waals surface area (Å²) in [6.07, 6.45) is -0.596. The van der Waals surface area contributed by atoms with Crippen molar-refractivity contribution in [1.82, 2.24) is 14.9 Å². The van der Waals surface area contributed by atoms with Gasteiger partial charge in [-0.05, 0) is 18.6 Å². The second kappa shape index (κ2) is 15.3. The third-order valence-electron chi connectivity index (χ3n) is 6.49. The van der Waals surface area contributed by atoms with Crippen molar-refractivity contribution in [2.75, 3.05) is 6.61 Å². The maximum atomic E-state index is 12.6. The van der Waals surface area contributed by atoms with Crippen LogP contribution >= 0.6 is 23.5 Å². The van der Waals surface area contributed by atoms with Gasteiger partial charge in [-0.25, -0.2) is 18.5 Å². The van der Waals surface area contributed by atoms with Crippen molar-refractivity contribution in [3.05, 3.63) is 116 Å². The highest BCUT2D eigenvalue weighted by Crippen LogP contribution is 2.66. The van der Waals surface area contributed by atoms with Crippen LogP contribution in [-0.2, 0) is 38.0 Å². The minimum atomic E-state index is -5.76. The van der Waals surface area contributed by atoms with Crippen molar-refractivity contribution in [2.45, 2.75) is 31.3 Å². The predicted octanol–water partition coefficient (Wildman–Crippen LogP) is 1.25. The number of nitrogens with one attached hydrogen (secondary N) is 2. The summed E-state index contributed by atoms with van der Waals surface area (Å²) >= 11 is 0. The fraction of sp³-hybridized carbons (Fsp3) is 0.231. The van der Waals surface area contributed by atoms with Crippen LogP contribution in [0.25, 0.3) is 0 Å². The number of rotatable bonds is 14. The van der Waals surface area contributed by atoms with E-state index in [9.17, 15) is 47.8 Å². The quantitative estimate of drug-likeness (QED) is 0.0907. The number of aromatic nitrogens is 2. The Morgan fingerprint density at radius 1 is 0.938 bits per heavy atom. The Morgan fingerprint density at radius 3 is 2.21 bits per heavy atom. The van der Waals surface area contributed by atoms with Crippen molar-refractivity contribution in [2.24, 2.45) is 0 Å². The number of hydrogen-bond donors (Lipinski definition) is 7. The normalized spacial score (nSPS) is 20.6. The Balaban J connectivity index is 1.33. The highest BCUT2D eigenvalue weighted by Gasteiger charge is 2.43. The summed E-state index contributed by atoms with van der Waals surface area (Å²) in [4.78, 5) is 88.1. The van der Waals surface area contributed by atoms with E-state index >= 15 is 0 Å². The molecule has 19 nitrogen and oxygen atoms in total. The Hall–Kier alpha value is -3.67. The van der Waals surface area contributed by atoms with Gasteiger partial charge in [0.15, 0.2) is 5.78 Å². The summed E-state index contributed by atoms with van der Waals surface area (Å²) in [6, 6.07) is 14.6. The Kier molecular flexibility index (Phi) is 11.8. The van der Waals surface area contributed by atoms with Crippen LogP contribution in [0.15, 0.2) is 82.7 Å². The monoisotopic (exact) mass is 731 g/mol. The van der Waals surface area contributed by atoms with Crippen molar-refractivity contribution >= 4 is 35.2 Å². The highest BCUT2D eigenvalue weighted by atomic mass is 31.3. The number of phosphoric acid groups is 3. The first-order valence-electron chi connectivity index (χ1n) is 13.5. The molecule has 4 rings (SSSR count). The van der Waals surface area contributed by atoms with Gasteiger partial charge in [0.25, 0.3) is 11.5 Å². The molecule has 5 atom stereocenters. The number of ether oxygens (including phenoxy) is 1. The first-order valence-corrected chi connectivity index (χ1v) is 18.1. The first-order chi connectivity index (χ1) is 22.4. The zero-order chi connectivity index (χ0) is 35.3. The van der Waals surface area contributed by atoms with E-state index in [1.807, 2.05) is 0 Å². The number of phosphoric ester groups is 1. The molecule has 0 spiro atoms. The Morgan fingerprint density at radius 2 is 1.56 bits per heavy atom. The Bertz CT molecular complexity index is 1940. The molecule has 0 aliphatic carbocycles. The van der Waals surface area contributed by atoms with Crippen LogP contribution in [0, 0.1) is 0 Å². The highest BCUT2D eigenvalue weighted by molar-refractivity contribution is 7.66. The topological polar surface area (TPSA) is 290 Å². The summed E-state index contributed by atoms with van der Waals surface area (Å²) in [5, 5.41) is 12.8. The molecule has 2 unspecified atom stereocenters. The summed E-state index contributed by atoms with van der Waals surface area (Å²) in [6.45, 7) is -0.958. The van der Waals surface area contributed by atoms with Crippen molar-refractivity contribution in [3.63, 3.8) is 0 Å². The van der Waals surface area contributed by atoms with Gasteiger partial charge in [0.1, 0.15) is 12.3 Å². The summed E-state index contributed by atoms with van der Waals surface area (Å²) in [7, 11) is -16.9. The van der Waals surface area contributed by atoms with Gasteiger partial charge in [-0.2, -0.15) is 8.62 Å². The fourth-order valence-electron chi connectivity index (χ4n) is 4.33. The van der Waals surface area contributed by atoms with Crippen molar-refractivity contribution in [3.8, 4) is 0 Å². The molecule has 1 fully saturated rings. The molecule has 0 bridgehead atoms. The number of carbonyl (C=O) groups excluding carboxylic acids is 2. The van der Waals surface area contributed by atoms with E-state index < -0.39 is 65.7 Å². The number of allylic oxidation sites excluding steroid dienone is 1. The summed E-state index contributed by atoms with van der Waals surface area (Å²) < 4.78 is 52.3. The molecular weight excluding hydrogens is 703 g/mol. The maximum absolute atomic E-state index is 12.6. The molecule has 3 aromatic rings. The molecule has 1 amide bonds. The zero-order valence-electron chi connectivity index (χ0n) is 24.3. The molecule has 7 N–H and O–H groups in total. The van der Waals surface area contributed by atoms with Gasteiger partial charge in [-0.15, -0.1) is 0 Å². The molecule has 1 aliphatic rings. The molecule has 22 heteroatoms. The predicted molar refractivity (Wildman–Crippen MR) is 162 cm³/mol. The van der Waals surface area contributed by atoms with Crippen LogP contribution in [0.2, 0.25) is 0 Å². The minimum Gasteiger partial charge on any atom is -0.390 e. The summed E-state index contributed by atoms with van der Waals surface area (Å²) in [5.41, 5.74) is -0.490. The van der Waals surface area contributed by atoms with Gasteiger partial charge in [0, 0.05) is 41.1 Å². The largest absolute Gasteiger partial charge is 0.490 e. The van der Waals surface area contributed by atoms with E-state index in [1.165, 1.54) is 36.5 Å². The number of nitrogens with zero attached hydrogens (tertiary/aromatic N) is 1. The zero-order valence-corrected chi connectivity index (χ0v) is 27.0. The van der Waals surface area contributed by atoms with Crippen LogP contribution in [0.5, 0.6) is 0 Å². The molecule has 2 heterocycles. The van der Waals surface area contributed by atoms with E-state index in [4.69, 9.17) is 14.5 Å². The number of carbonyl (C=O) groups is 2. The second-order valence-corrected chi connectivity index (χ2v) is 14.4. The molecule has 0 radical (unpaired) electrons. The van der Waals surface area contributed by atoms with E-state index in [0.29, 0.717) is 11.1 Å². The van der Waals surface area contributed by atoms with Crippen LogP contribution in [0.1, 0.15) is 44.5 Å². The Labute approximate surface area is 269 Å². The lowest BCUT2D eigenvalue weighted by atomic mass is 10.0. The van der Waals surface area contributed by atoms with Crippen molar-refractivity contribution in [1.29, 1.82) is 0 Å². The number of H-pyrrole nitrogens is 1. The average molecular weight is 731 g/mol. The van der Waals surface area contributed by atoms with Crippen LogP contribution in [-0.4, -0.2) is 64.7 Å². The number of aromatic amines is 1. The lowest BCUT2D eigenvalue weighted by Gasteiger charge is -2.19. The average Bonchev–Trinajstić information content (AvgIpc) is 3.37. The number of ketones is 1. The van der Waals surface area contributed by atoms with Gasteiger partial charge in [0.2, 0.25) is 0 Å². The molecule has 1 aromatic heterocycles. The van der Waals surface area contributed by atoms with Crippen molar-refractivity contribution < 1.29 is 65.8 Å². The van der Waals surface area contributed by atoms with E-state index in [0.717, 1.165) is 10.8 Å². The van der Waals surface area contributed by atoms with Crippen LogP contribution in [0.3, 0.4) is 0 Å². The fourth-order valence-corrected chi connectivity index (χ4v) is 7.36. The lowest BCUT2D eigenvalue weighted by molar-refractivity contribution is -0.0450. The van der Waals surface area contributed by atoms with Gasteiger partial charge in [-0.1, -0.05) is 48.5 Å². The van der Waals surface area contributed by atoms with E-state index in [1.54, 1.807) is 30.3 Å². The molecule has 1 aliphatic heterocycles. The second-order valence-electron chi connectivity index (χ2n) is 9.99. The molecule has 48 heavy (non-hydrogen) atoms. The molecular formula is C26H28N3O16P3. The standard InChI is InChI=1S/C26H28N3O16P3/c30-20-13-22(43-21(20)15-42-47(38,39)45-48(40,41)44-46(35,36)37)29-14-19(25(33)28-26(29)34)7-4-12-27-24(32)18-10-8-17(9-11-18)23(31)16-5-2-1-3-6-16/h1-6,8-12,14,20-22,30H,7,13,15H2,(H,27,32)(H,38,39)(H,40,41)(H,28,33,34)(H2,35,36,37)/t20-,21+,22+/m0/s1.